The molecule has 0 spiro atoms. The van der Waals surface area contributed by atoms with Crippen LogP contribution in [0.15, 0.2) is 5.38 Å². The number of nitrogens with one attached hydrogen (secondary N) is 1. The van der Waals surface area contributed by atoms with E-state index in [4.69, 9.17) is 0 Å². The number of aliphatic carboxylic acids is 1. The molecule has 0 unspecified atom stereocenters. The zero-order chi connectivity index (χ0) is 11.3. The van der Waals surface area contributed by atoms with Gasteiger partial charge in [-0.25, -0.2) is 4.98 Å². The third-order valence-corrected chi connectivity index (χ3v) is 3.22. The normalized spacial score (nSPS) is 10.9. The van der Waals surface area contributed by atoms with Crippen LogP contribution in [0.5, 0.6) is 0 Å². The summed E-state index contributed by atoms with van der Waals surface area (Å²) < 4.78 is 0. The van der Waals surface area contributed by atoms with Crippen molar-refractivity contribution in [3.63, 3.8) is 0 Å². The Labute approximate surface area is 93.6 Å². The van der Waals surface area contributed by atoms with Crippen molar-refractivity contribution in [2.24, 2.45) is 0 Å². The van der Waals surface area contributed by atoms with Gasteiger partial charge in [0.15, 0.2) is 0 Å². The van der Waals surface area contributed by atoms with Crippen molar-refractivity contribution < 1.29 is 14.8 Å². The van der Waals surface area contributed by atoms with Crippen LogP contribution in [0.2, 0.25) is 0 Å². The van der Waals surface area contributed by atoms with Crippen molar-refractivity contribution in [1.82, 2.24) is 4.98 Å². The molecule has 0 bridgehead atoms. The smallest absolute Gasteiger partial charge is 0.147 e. The molecule has 4 nitrogen and oxygen atoms in total. The zero-order valence-corrected chi connectivity index (χ0v) is 9.89. The number of quaternary nitrogens is 1. The van der Waals surface area contributed by atoms with E-state index in [0.29, 0.717) is 5.69 Å². The number of hydrogen-bond acceptors (Lipinski definition) is 4. The van der Waals surface area contributed by atoms with Gasteiger partial charge in [0.1, 0.15) is 11.6 Å². The topological polar surface area (TPSA) is 57.5 Å². The van der Waals surface area contributed by atoms with Gasteiger partial charge in [-0.3, -0.25) is 0 Å². The Kier molecular flexibility index (Phi) is 4.71. The van der Waals surface area contributed by atoms with Crippen molar-refractivity contribution in [3.05, 3.63) is 16.1 Å². The van der Waals surface area contributed by atoms with Gasteiger partial charge in [0.25, 0.3) is 0 Å². The molecule has 0 fully saturated rings. The van der Waals surface area contributed by atoms with E-state index in [9.17, 15) is 9.90 Å². The summed E-state index contributed by atoms with van der Waals surface area (Å²) in [6.07, 6.45) is -0.0793. The van der Waals surface area contributed by atoms with E-state index in [-0.39, 0.29) is 6.42 Å². The van der Waals surface area contributed by atoms with Crippen molar-refractivity contribution in [2.45, 2.75) is 26.8 Å². The van der Waals surface area contributed by atoms with Crippen molar-refractivity contribution in [2.75, 3.05) is 13.1 Å². The quantitative estimate of drug-likeness (QED) is 0.669. The number of carboxylic acid groups (broad SMARTS) is 1. The zero-order valence-electron chi connectivity index (χ0n) is 9.08. The van der Waals surface area contributed by atoms with E-state index in [1.807, 2.05) is 0 Å². The SMILES string of the molecule is CC[NH+](CC)Cc1nc(CC(=O)[O-])cs1. The summed E-state index contributed by atoms with van der Waals surface area (Å²) in [6, 6.07) is 0. The van der Waals surface area contributed by atoms with E-state index >= 15 is 0 Å². The van der Waals surface area contributed by atoms with Crippen LogP contribution >= 0.6 is 11.3 Å². The molecule has 0 saturated heterocycles. The highest BCUT2D eigenvalue weighted by Crippen LogP contribution is 2.08. The molecule has 1 aromatic rings. The number of thiazole rings is 1. The maximum atomic E-state index is 10.4. The number of carboxylic acids is 1. The molecule has 1 N–H and O–H groups in total. The van der Waals surface area contributed by atoms with Crippen molar-refractivity contribution >= 4 is 17.3 Å². The van der Waals surface area contributed by atoms with Crippen LogP contribution in [-0.2, 0) is 17.8 Å². The molecule has 0 aliphatic heterocycles. The summed E-state index contributed by atoms with van der Waals surface area (Å²) in [5, 5.41) is 13.2. The molecule has 0 amide bonds. The summed E-state index contributed by atoms with van der Waals surface area (Å²) in [5.41, 5.74) is 0.613. The number of aromatic nitrogens is 1. The molecule has 15 heavy (non-hydrogen) atoms. The van der Waals surface area contributed by atoms with Gasteiger partial charge in [-0.15, -0.1) is 11.3 Å². The van der Waals surface area contributed by atoms with E-state index < -0.39 is 5.97 Å². The Bertz CT molecular complexity index is 321. The summed E-state index contributed by atoms with van der Waals surface area (Å²) in [4.78, 5) is 16.1. The average Bonchev–Trinajstić information content (AvgIpc) is 2.61. The first-order valence-electron chi connectivity index (χ1n) is 5.12. The maximum Gasteiger partial charge on any atom is 0.147 e. The summed E-state index contributed by atoms with van der Waals surface area (Å²) >= 11 is 1.53. The first kappa shape index (κ1) is 12.1. The lowest BCUT2D eigenvalue weighted by Crippen LogP contribution is -3.10. The number of carbonyl (C=O) groups is 1. The molecule has 5 heteroatoms. The van der Waals surface area contributed by atoms with Gasteiger partial charge < -0.3 is 14.8 Å². The van der Waals surface area contributed by atoms with Crippen LogP contribution in [0.3, 0.4) is 0 Å². The van der Waals surface area contributed by atoms with Gasteiger partial charge in [-0.2, -0.15) is 0 Å². The number of hydrogen-bond donors (Lipinski definition) is 1. The van der Waals surface area contributed by atoms with E-state index in [2.05, 4.69) is 18.8 Å². The fraction of sp³-hybridized carbons (Fsp3) is 0.600. The summed E-state index contributed by atoms with van der Waals surface area (Å²) in [6.45, 7) is 7.27. The van der Waals surface area contributed by atoms with E-state index in [0.717, 1.165) is 24.6 Å². The van der Waals surface area contributed by atoms with E-state index in [1.165, 1.54) is 16.2 Å². The molecule has 0 atom stereocenters. The molecule has 0 aliphatic rings. The molecule has 0 radical (unpaired) electrons. The number of nitrogens with zero attached hydrogens (tertiary/aromatic N) is 1. The fourth-order valence-electron chi connectivity index (χ4n) is 1.37. The largest absolute Gasteiger partial charge is 0.550 e. The molecule has 0 aliphatic carbocycles. The lowest BCUT2D eigenvalue weighted by Gasteiger charge is -2.12. The van der Waals surface area contributed by atoms with Crippen molar-refractivity contribution in [1.29, 1.82) is 0 Å². The molecule has 84 valence electrons. The predicted octanol–water partition coefficient (Wildman–Crippen LogP) is -1.14. The maximum absolute atomic E-state index is 10.4. The van der Waals surface area contributed by atoms with Gasteiger partial charge in [0.2, 0.25) is 0 Å². The molecular formula is C10H16N2O2S. The summed E-state index contributed by atoms with van der Waals surface area (Å²) in [5.74, 6) is -1.07. The van der Waals surface area contributed by atoms with Crippen LogP contribution in [0.25, 0.3) is 0 Å². The highest BCUT2D eigenvalue weighted by atomic mass is 32.1. The van der Waals surface area contributed by atoms with Crippen LogP contribution in [0.4, 0.5) is 0 Å². The second kappa shape index (κ2) is 5.82. The lowest BCUT2D eigenvalue weighted by molar-refractivity contribution is -0.910. The lowest BCUT2D eigenvalue weighted by atomic mass is 10.3. The Morgan fingerprint density at radius 3 is 2.73 bits per heavy atom. The van der Waals surface area contributed by atoms with Crippen molar-refractivity contribution in [3.8, 4) is 0 Å². The van der Waals surface area contributed by atoms with Gasteiger partial charge in [-0.1, -0.05) is 0 Å². The highest BCUT2D eigenvalue weighted by molar-refractivity contribution is 7.09. The number of rotatable bonds is 6. The third kappa shape index (κ3) is 3.97. The predicted molar refractivity (Wildman–Crippen MR) is 56.6 cm³/mol. The Morgan fingerprint density at radius 2 is 2.20 bits per heavy atom. The first-order chi connectivity index (χ1) is 7.15. The molecular weight excluding hydrogens is 212 g/mol. The van der Waals surface area contributed by atoms with Crippen LogP contribution in [0.1, 0.15) is 24.5 Å². The molecule has 0 aromatic carbocycles. The second-order valence-electron chi connectivity index (χ2n) is 3.42. The molecule has 0 saturated carbocycles. The minimum atomic E-state index is -1.07. The minimum Gasteiger partial charge on any atom is -0.550 e. The molecule has 1 aromatic heterocycles. The Morgan fingerprint density at radius 1 is 1.53 bits per heavy atom. The van der Waals surface area contributed by atoms with E-state index in [1.54, 1.807) is 5.38 Å². The fourth-order valence-corrected chi connectivity index (χ4v) is 2.24. The standard InChI is InChI=1S/C10H16N2O2S/c1-3-12(4-2)6-9-11-8(7-15-9)5-10(13)14/h7H,3-6H2,1-2H3,(H,13,14). The Balaban J connectivity index is 2.55. The van der Waals surface area contributed by atoms with Crippen LogP contribution < -0.4 is 10.0 Å². The number of carbonyl (C=O) groups excluding carboxylic acids is 1. The first-order valence-corrected chi connectivity index (χ1v) is 6.00. The molecule has 1 heterocycles. The van der Waals surface area contributed by atoms with Gasteiger partial charge in [-0.05, 0) is 13.8 Å². The van der Waals surface area contributed by atoms with Gasteiger partial charge >= 0.3 is 0 Å². The summed E-state index contributed by atoms with van der Waals surface area (Å²) in [7, 11) is 0. The van der Waals surface area contributed by atoms with Crippen LogP contribution in [0, 0.1) is 0 Å². The van der Waals surface area contributed by atoms with Gasteiger partial charge in [0.05, 0.1) is 18.8 Å². The highest BCUT2D eigenvalue weighted by Gasteiger charge is 2.08. The molecule has 1 rings (SSSR count). The minimum absolute atomic E-state index is 0.0793. The second-order valence-corrected chi connectivity index (χ2v) is 4.36. The monoisotopic (exact) mass is 228 g/mol. The van der Waals surface area contributed by atoms with Gasteiger partial charge in [0, 0.05) is 17.8 Å². The average molecular weight is 228 g/mol. The third-order valence-electron chi connectivity index (χ3n) is 2.33. The van der Waals surface area contributed by atoms with Crippen LogP contribution in [-0.4, -0.2) is 24.0 Å². The Hall–Kier alpha value is -0.940.